The number of benzene rings is 1. The standard InChI is InChI=1S/C10H13N3OS/c1-14-10-4-2-9(3-5-10)8-15-7-6-12-13-11/h2-5H,6-8H2,1H3. The highest BCUT2D eigenvalue weighted by Gasteiger charge is 1.94. The number of methoxy groups -OCH3 is 1. The summed E-state index contributed by atoms with van der Waals surface area (Å²) in [6, 6.07) is 7.98. The van der Waals surface area contributed by atoms with E-state index >= 15 is 0 Å². The Labute approximate surface area is 93.3 Å². The van der Waals surface area contributed by atoms with Crippen molar-refractivity contribution in [1.82, 2.24) is 0 Å². The number of nitrogens with zero attached hydrogens (tertiary/aromatic N) is 3. The van der Waals surface area contributed by atoms with Crippen LogP contribution in [0.4, 0.5) is 0 Å². The Kier molecular flexibility index (Phi) is 5.51. The van der Waals surface area contributed by atoms with Crippen molar-refractivity contribution in [3.63, 3.8) is 0 Å². The van der Waals surface area contributed by atoms with E-state index in [1.165, 1.54) is 5.56 Å². The molecule has 0 aliphatic heterocycles. The van der Waals surface area contributed by atoms with Gasteiger partial charge in [-0.15, -0.1) is 0 Å². The molecular weight excluding hydrogens is 210 g/mol. The molecule has 80 valence electrons. The number of hydrogen-bond acceptors (Lipinski definition) is 3. The molecule has 0 aromatic heterocycles. The van der Waals surface area contributed by atoms with Gasteiger partial charge in [0, 0.05) is 17.2 Å². The number of ether oxygens (including phenoxy) is 1. The molecule has 0 atom stereocenters. The smallest absolute Gasteiger partial charge is 0.118 e. The molecule has 0 amide bonds. The van der Waals surface area contributed by atoms with E-state index in [1.807, 2.05) is 24.3 Å². The van der Waals surface area contributed by atoms with Gasteiger partial charge in [-0.3, -0.25) is 0 Å². The first-order valence-corrected chi connectivity index (χ1v) is 5.74. The molecule has 0 aliphatic carbocycles. The minimum Gasteiger partial charge on any atom is -0.497 e. The van der Waals surface area contributed by atoms with Crippen LogP contribution < -0.4 is 4.74 Å². The number of azide groups is 1. The van der Waals surface area contributed by atoms with E-state index in [0.29, 0.717) is 6.54 Å². The van der Waals surface area contributed by atoms with Crippen LogP contribution in [0.3, 0.4) is 0 Å². The zero-order valence-electron chi connectivity index (χ0n) is 8.59. The predicted molar refractivity (Wildman–Crippen MR) is 63.2 cm³/mol. The Balaban J connectivity index is 2.28. The van der Waals surface area contributed by atoms with Crippen molar-refractivity contribution in [3.05, 3.63) is 40.3 Å². The third-order valence-corrected chi connectivity index (χ3v) is 2.84. The summed E-state index contributed by atoms with van der Waals surface area (Å²) in [5, 5.41) is 3.47. The van der Waals surface area contributed by atoms with Crippen molar-refractivity contribution in [3.8, 4) is 5.75 Å². The third-order valence-electron chi connectivity index (χ3n) is 1.83. The van der Waals surface area contributed by atoms with Crippen LogP contribution in [0.1, 0.15) is 5.56 Å². The molecule has 0 unspecified atom stereocenters. The van der Waals surface area contributed by atoms with E-state index < -0.39 is 0 Å². The molecule has 0 N–H and O–H groups in total. The highest BCUT2D eigenvalue weighted by Crippen LogP contribution is 2.16. The Bertz CT molecular complexity index is 333. The first-order valence-electron chi connectivity index (χ1n) is 4.58. The van der Waals surface area contributed by atoms with Crippen molar-refractivity contribution < 1.29 is 4.74 Å². The molecule has 15 heavy (non-hydrogen) atoms. The SMILES string of the molecule is COc1ccc(CSCCN=[N+]=[N-])cc1. The molecule has 0 aliphatic rings. The highest BCUT2D eigenvalue weighted by molar-refractivity contribution is 7.98. The van der Waals surface area contributed by atoms with Gasteiger partial charge in [0.15, 0.2) is 0 Å². The lowest BCUT2D eigenvalue weighted by atomic mass is 10.2. The van der Waals surface area contributed by atoms with Gasteiger partial charge in [-0.05, 0) is 29.0 Å². The second-order valence-corrected chi connectivity index (χ2v) is 3.96. The van der Waals surface area contributed by atoms with Crippen LogP contribution in [-0.4, -0.2) is 19.4 Å². The first kappa shape index (κ1) is 11.8. The average Bonchev–Trinajstić information content (AvgIpc) is 2.30. The molecular formula is C10H13N3OS. The van der Waals surface area contributed by atoms with Gasteiger partial charge >= 0.3 is 0 Å². The van der Waals surface area contributed by atoms with Gasteiger partial charge in [0.1, 0.15) is 5.75 Å². The van der Waals surface area contributed by atoms with E-state index in [1.54, 1.807) is 18.9 Å². The van der Waals surface area contributed by atoms with E-state index in [0.717, 1.165) is 17.3 Å². The lowest BCUT2D eigenvalue weighted by Gasteiger charge is -2.02. The minimum atomic E-state index is 0.553. The van der Waals surface area contributed by atoms with E-state index in [2.05, 4.69) is 10.0 Å². The third kappa shape index (κ3) is 4.63. The summed E-state index contributed by atoms with van der Waals surface area (Å²) in [5.74, 6) is 2.67. The van der Waals surface area contributed by atoms with Crippen molar-refractivity contribution in [1.29, 1.82) is 0 Å². The van der Waals surface area contributed by atoms with Crippen molar-refractivity contribution in [2.24, 2.45) is 5.11 Å². The molecule has 0 saturated heterocycles. The Morgan fingerprint density at radius 3 is 2.73 bits per heavy atom. The molecule has 1 aromatic carbocycles. The van der Waals surface area contributed by atoms with Crippen LogP contribution >= 0.6 is 11.8 Å². The van der Waals surface area contributed by atoms with Crippen LogP contribution in [-0.2, 0) is 5.75 Å². The van der Waals surface area contributed by atoms with E-state index in [4.69, 9.17) is 10.3 Å². The average molecular weight is 223 g/mol. The quantitative estimate of drug-likeness (QED) is 0.322. The van der Waals surface area contributed by atoms with Gasteiger partial charge in [0.2, 0.25) is 0 Å². The summed E-state index contributed by atoms with van der Waals surface area (Å²) in [4.78, 5) is 2.70. The summed E-state index contributed by atoms with van der Waals surface area (Å²) >= 11 is 1.75. The van der Waals surface area contributed by atoms with Crippen LogP contribution in [0.5, 0.6) is 5.75 Å². The molecule has 0 heterocycles. The summed E-state index contributed by atoms with van der Waals surface area (Å²) < 4.78 is 5.06. The fraction of sp³-hybridized carbons (Fsp3) is 0.400. The topological polar surface area (TPSA) is 58.0 Å². The van der Waals surface area contributed by atoms with Crippen molar-refractivity contribution in [2.45, 2.75) is 5.75 Å². The van der Waals surface area contributed by atoms with Gasteiger partial charge in [-0.2, -0.15) is 11.8 Å². The second-order valence-electron chi connectivity index (χ2n) is 2.86. The van der Waals surface area contributed by atoms with Gasteiger partial charge in [0.25, 0.3) is 0 Å². The number of rotatable bonds is 6. The Morgan fingerprint density at radius 1 is 1.40 bits per heavy atom. The fourth-order valence-corrected chi connectivity index (χ4v) is 1.85. The summed E-state index contributed by atoms with van der Waals surface area (Å²) in [6.45, 7) is 0.553. The Morgan fingerprint density at radius 2 is 2.13 bits per heavy atom. The molecule has 5 heteroatoms. The van der Waals surface area contributed by atoms with Crippen molar-refractivity contribution >= 4 is 11.8 Å². The zero-order valence-corrected chi connectivity index (χ0v) is 9.41. The largest absolute Gasteiger partial charge is 0.497 e. The normalized spacial score (nSPS) is 9.40. The predicted octanol–water partition coefficient (Wildman–Crippen LogP) is 3.24. The van der Waals surface area contributed by atoms with Crippen LogP contribution in [0.25, 0.3) is 10.4 Å². The lowest BCUT2D eigenvalue weighted by molar-refractivity contribution is 0.414. The molecule has 4 nitrogen and oxygen atoms in total. The molecule has 0 bridgehead atoms. The van der Waals surface area contributed by atoms with E-state index in [-0.39, 0.29) is 0 Å². The van der Waals surface area contributed by atoms with Crippen molar-refractivity contribution in [2.75, 3.05) is 19.4 Å². The molecule has 0 radical (unpaired) electrons. The number of thioether (sulfide) groups is 1. The lowest BCUT2D eigenvalue weighted by Crippen LogP contribution is -1.87. The molecule has 1 aromatic rings. The molecule has 1 rings (SSSR count). The fourth-order valence-electron chi connectivity index (χ4n) is 1.06. The highest BCUT2D eigenvalue weighted by atomic mass is 32.2. The van der Waals surface area contributed by atoms with Gasteiger partial charge < -0.3 is 4.74 Å². The number of hydrogen-bond donors (Lipinski definition) is 0. The summed E-state index contributed by atoms with van der Waals surface area (Å²) in [6.07, 6.45) is 0. The van der Waals surface area contributed by atoms with E-state index in [9.17, 15) is 0 Å². The summed E-state index contributed by atoms with van der Waals surface area (Å²) in [5.41, 5.74) is 9.33. The van der Waals surface area contributed by atoms with Gasteiger partial charge in [0.05, 0.1) is 7.11 Å². The van der Waals surface area contributed by atoms with Crippen LogP contribution in [0, 0.1) is 0 Å². The maximum absolute atomic E-state index is 8.08. The molecule has 0 spiro atoms. The maximum atomic E-state index is 8.08. The molecule has 0 saturated carbocycles. The monoisotopic (exact) mass is 223 g/mol. The Hall–Kier alpha value is -1.32. The van der Waals surface area contributed by atoms with Crippen LogP contribution in [0.15, 0.2) is 29.4 Å². The first-order chi connectivity index (χ1) is 7.36. The van der Waals surface area contributed by atoms with Gasteiger partial charge in [-0.1, -0.05) is 17.2 Å². The van der Waals surface area contributed by atoms with Crippen LogP contribution in [0.2, 0.25) is 0 Å². The minimum absolute atomic E-state index is 0.553. The van der Waals surface area contributed by atoms with Gasteiger partial charge in [-0.25, -0.2) is 0 Å². The molecule has 0 fully saturated rings. The second kappa shape index (κ2) is 7.04. The summed E-state index contributed by atoms with van der Waals surface area (Å²) in [7, 11) is 1.66. The maximum Gasteiger partial charge on any atom is 0.118 e. The zero-order chi connectivity index (χ0) is 10.9.